The zero-order chi connectivity index (χ0) is 41.9. The van der Waals surface area contributed by atoms with Crippen LogP contribution >= 0.6 is 0 Å². The first-order valence-corrected chi connectivity index (χ1v) is 23.7. The number of aliphatic hydroxyl groups is 2. The van der Waals surface area contributed by atoms with Gasteiger partial charge in [-0.25, -0.2) is 9.59 Å². The topological polar surface area (TPSA) is 102 Å². The van der Waals surface area contributed by atoms with Gasteiger partial charge < -0.3 is 24.4 Å². The smallest absolute Gasteiger partial charge is 0.333 e. The first kappa shape index (κ1) is 48.0. The molecule has 328 valence electrons. The minimum Gasteiger partial charge on any atom is -0.493 e. The van der Waals surface area contributed by atoms with Gasteiger partial charge in [-0.1, -0.05) is 84.1 Å². The van der Waals surface area contributed by atoms with Crippen molar-refractivity contribution in [3.8, 4) is 5.75 Å². The molecule has 7 nitrogen and oxygen atoms in total. The molecule has 0 amide bonds. The maximum atomic E-state index is 12.2. The number of carbonyl (C=O) groups is 2. The van der Waals surface area contributed by atoms with Gasteiger partial charge in [-0.15, -0.1) is 0 Å². The molecule has 0 heterocycles. The van der Waals surface area contributed by atoms with Crippen molar-refractivity contribution < 1.29 is 34.0 Å². The van der Waals surface area contributed by atoms with Crippen LogP contribution in [0.2, 0.25) is 0 Å². The molecule has 3 saturated carbocycles. The Morgan fingerprint density at radius 2 is 1.10 bits per heavy atom. The summed E-state index contributed by atoms with van der Waals surface area (Å²) in [4.78, 5) is 24.3. The van der Waals surface area contributed by atoms with Crippen molar-refractivity contribution in [2.45, 2.75) is 181 Å². The number of esters is 2. The Labute approximate surface area is 353 Å². The van der Waals surface area contributed by atoms with Crippen LogP contribution in [0.3, 0.4) is 0 Å². The highest BCUT2D eigenvalue weighted by Gasteiger charge is 2.35. The Hall–Kier alpha value is -2.64. The van der Waals surface area contributed by atoms with E-state index in [0.717, 1.165) is 52.9 Å². The number of carbonyl (C=O) groups excluding carboxylic acids is 2. The number of hydrogen-bond acceptors (Lipinski definition) is 7. The van der Waals surface area contributed by atoms with Gasteiger partial charge in [-0.3, -0.25) is 0 Å². The van der Waals surface area contributed by atoms with Gasteiger partial charge in [0, 0.05) is 16.6 Å². The molecule has 0 bridgehead atoms. The molecule has 58 heavy (non-hydrogen) atoms. The summed E-state index contributed by atoms with van der Waals surface area (Å²) < 4.78 is 17.6. The largest absolute Gasteiger partial charge is 0.493 e. The van der Waals surface area contributed by atoms with Gasteiger partial charge in [-0.2, -0.15) is 0 Å². The molecule has 4 rings (SSSR count). The number of aryl methyl sites for hydroxylation is 2. The van der Waals surface area contributed by atoms with Crippen LogP contribution in [0, 0.1) is 35.0 Å². The van der Waals surface area contributed by atoms with E-state index < -0.39 is 5.41 Å². The Morgan fingerprint density at radius 1 is 0.638 bits per heavy atom. The van der Waals surface area contributed by atoms with E-state index >= 15 is 0 Å². The summed E-state index contributed by atoms with van der Waals surface area (Å²) in [5, 5.41) is 20.5. The summed E-state index contributed by atoms with van der Waals surface area (Å²) in [7, 11) is 0. The Bertz CT molecular complexity index is 1350. The van der Waals surface area contributed by atoms with Crippen molar-refractivity contribution in [2.75, 3.05) is 33.0 Å². The summed E-state index contributed by atoms with van der Waals surface area (Å²) in [6, 6.07) is 4.68. The normalized spacial score (nSPS) is 23.9. The third kappa shape index (κ3) is 14.8. The molecule has 7 heteroatoms. The average Bonchev–Trinajstić information content (AvgIpc) is 3.24. The van der Waals surface area contributed by atoms with Gasteiger partial charge in [-0.05, 0) is 169 Å². The lowest BCUT2D eigenvalue weighted by Gasteiger charge is -2.41. The molecule has 0 atom stereocenters. The molecular formula is C51H82O7. The number of ether oxygens (including phenoxy) is 3. The van der Waals surface area contributed by atoms with Gasteiger partial charge in [0.1, 0.15) is 5.75 Å². The lowest BCUT2D eigenvalue weighted by molar-refractivity contribution is -0.139. The molecule has 0 aliphatic heterocycles. The Balaban J connectivity index is 1.44. The van der Waals surface area contributed by atoms with Crippen LogP contribution in [0.25, 0.3) is 0 Å². The zero-order valence-corrected chi connectivity index (χ0v) is 37.3. The molecular weight excluding hydrogens is 725 g/mol. The van der Waals surface area contributed by atoms with Gasteiger partial charge in [0.15, 0.2) is 0 Å². The van der Waals surface area contributed by atoms with Crippen LogP contribution in [-0.2, 0) is 31.9 Å². The molecule has 0 unspecified atom stereocenters. The quantitative estimate of drug-likeness (QED) is 0.0576. The second-order valence-electron chi connectivity index (χ2n) is 18.9. The molecule has 1 aromatic rings. The molecule has 0 saturated heterocycles. The minimum absolute atomic E-state index is 0.0915. The highest BCUT2D eigenvalue weighted by atomic mass is 16.5. The Morgan fingerprint density at radius 3 is 1.53 bits per heavy atom. The molecule has 3 fully saturated rings. The second-order valence-corrected chi connectivity index (χ2v) is 18.9. The summed E-state index contributed by atoms with van der Waals surface area (Å²) in [5.41, 5.74) is 3.75. The maximum absolute atomic E-state index is 12.2. The first-order valence-electron chi connectivity index (χ1n) is 23.7. The van der Waals surface area contributed by atoms with Crippen molar-refractivity contribution in [3.05, 3.63) is 53.1 Å². The fourth-order valence-corrected chi connectivity index (χ4v) is 10.7. The molecule has 0 radical (unpaired) electrons. The van der Waals surface area contributed by atoms with E-state index in [9.17, 15) is 19.8 Å². The van der Waals surface area contributed by atoms with E-state index in [-0.39, 0.29) is 25.2 Å². The summed E-state index contributed by atoms with van der Waals surface area (Å²) in [6.07, 6.45) is 27.1. The minimum atomic E-state index is -0.590. The monoisotopic (exact) mass is 807 g/mol. The van der Waals surface area contributed by atoms with E-state index in [2.05, 4.69) is 39.1 Å². The standard InChI is InChI=1S/C51H82O7/c1-7-9-10-13-39-16-18-40(19-17-39)41-20-22-42(23-21-41)43-24-26-44(27-25-43)47-33-45(14-11-30-57-49(54)37(3)4)48(56-32-29-51(35-52,36-53)28-8-2)46(34-47)15-12-31-58-50(55)38(5)6/h33-34,39-44,52-53H,3,5,7-32,35-36H2,1-2,4,6H3. The zero-order valence-electron chi connectivity index (χ0n) is 37.3. The highest BCUT2D eigenvalue weighted by Crippen LogP contribution is 2.48. The van der Waals surface area contributed by atoms with Crippen LogP contribution in [0.5, 0.6) is 5.75 Å². The van der Waals surface area contributed by atoms with E-state index in [1.807, 2.05) is 0 Å². The number of rotatable bonds is 25. The number of hydrogen-bond donors (Lipinski definition) is 2. The second kappa shape index (κ2) is 25.2. The lowest BCUT2D eigenvalue weighted by atomic mass is 9.64. The van der Waals surface area contributed by atoms with E-state index in [1.54, 1.807) is 13.8 Å². The van der Waals surface area contributed by atoms with E-state index in [4.69, 9.17) is 14.2 Å². The number of aliphatic hydroxyl groups excluding tert-OH is 2. The summed E-state index contributed by atoms with van der Waals surface area (Å²) in [6.45, 7) is 15.9. The summed E-state index contributed by atoms with van der Waals surface area (Å²) >= 11 is 0. The van der Waals surface area contributed by atoms with Crippen molar-refractivity contribution >= 4 is 11.9 Å². The Kier molecular flexibility index (Phi) is 20.9. The maximum Gasteiger partial charge on any atom is 0.333 e. The van der Waals surface area contributed by atoms with Crippen molar-refractivity contribution in [2.24, 2.45) is 35.0 Å². The van der Waals surface area contributed by atoms with Crippen LogP contribution in [0.4, 0.5) is 0 Å². The van der Waals surface area contributed by atoms with Gasteiger partial charge >= 0.3 is 11.9 Å². The van der Waals surface area contributed by atoms with Crippen molar-refractivity contribution in [1.29, 1.82) is 0 Å². The molecule has 0 spiro atoms. The molecule has 2 N–H and O–H groups in total. The predicted molar refractivity (Wildman–Crippen MR) is 236 cm³/mol. The van der Waals surface area contributed by atoms with Crippen LogP contribution in [0.15, 0.2) is 36.4 Å². The number of unbranched alkanes of at least 4 members (excludes halogenated alkanes) is 2. The summed E-state index contributed by atoms with van der Waals surface area (Å²) in [5.74, 6) is 5.22. The number of benzene rings is 1. The predicted octanol–water partition coefficient (Wildman–Crippen LogP) is 11.8. The SMILES string of the molecule is C=C(C)C(=O)OCCCc1cc(C2CCC(C3CCC(C4CCC(CCCCC)CC4)CC3)CC2)cc(CCCOC(=O)C(=C)C)c1OCCC(CO)(CO)CCC. The van der Waals surface area contributed by atoms with Crippen LogP contribution in [0.1, 0.15) is 185 Å². The molecule has 0 aromatic heterocycles. The lowest BCUT2D eigenvalue weighted by Crippen LogP contribution is -2.32. The van der Waals surface area contributed by atoms with Crippen molar-refractivity contribution in [1.82, 2.24) is 0 Å². The molecule has 1 aromatic carbocycles. The van der Waals surface area contributed by atoms with Gasteiger partial charge in [0.2, 0.25) is 0 Å². The first-order chi connectivity index (χ1) is 28.0. The van der Waals surface area contributed by atoms with Crippen LogP contribution in [-0.4, -0.2) is 55.2 Å². The van der Waals surface area contributed by atoms with E-state index in [0.29, 0.717) is 75.4 Å². The fraction of sp³-hybridized carbons (Fsp3) is 0.765. The molecule has 3 aliphatic carbocycles. The van der Waals surface area contributed by atoms with Crippen molar-refractivity contribution in [3.63, 3.8) is 0 Å². The van der Waals surface area contributed by atoms with Gasteiger partial charge in [0.05, 0.1) is 33.0 Å². The fourth-order valence-electron chi connectivity index (χ4n) is 10.7. The average molecular weight is 807 g/mol. The third-order valence-electron chi connectivity index (χ3n) is 14.4. The van der Waals surface area contributed by atoms with E-state index in [1.165, 1.54) is 108 Å². The van der Waals surface area contributed by atoms with Crippen LogP contribution < -0.4 is 4.74 Å². The highest BCUT2D eigenvalue weighted by molar-refractivity contribution is 5.87. The molecule has 3 aliphatic rings. The van der Waals surface area contributed by atoms with Gasteiger partial charge in [0.25, 0.3) is 0 Å². The third-order valence-corrected chi connectivity index (χ3v) is 14.4.